The van der Waals surface area contributed by atoms with Gasteiger partial charge in [-0.25, -0.2) is 9.97 Å². The summed E-state index contributed by atoms with van der Waals surface area (Å²) < 4.78 is 0. The number of rotatable bonds is 4. The highest BCUT2D eigenvalue weighted by atomic mass is 16.3. The molecule has 22 heavy (non-hydrogen) atoms. The molecule has 1 heterocycles. The third kappa shape index (κ3) is 4.66. The second-order valence-corrected chi connectivity index (χ2v) is 7.32. The number of primary amides is 1. The number of aromatic nitrogens is 2. The van der Waals surface area contributed by atoms with Crippen LogP contribution in [0.5, 0.6) is 0 Å². The van der Waals surface area contributed by atoms with Crippen LogP contribution in [0, 0.1) is 5.41 Å². The monoisotopic (exact) mass is 306 g/mol. The van der Waals surface area contributed by atoms with E-state index in [-0.39, 0.29) is 17.6 Å². The molecule has 0 aliphatic heterocycles. The van der Waals surface area contributed by atoms with E-state index in [4.69, 9.17) is 5.73 Å². The molecule has 1 fully saturated rings. The van der Waals surface area contributed by atoms with Gasteiger partial charge in [0, 0.05) is 12.2 Å². The van der Waals surface area contributed by atoms with Crippen LogP contribution in [0.1, 0.15) is 62.5 Å². The van der Waals surface area contributed by atoms with Crippen LogP contribution >= 0.6 is 0 Å². The number of hydrogen-bond donors (Lipinski definition) is 3. The highest BCUT2D eigenvalue weighted by Crippen LogP contribution is 2.24. The smallest absolute Gasteiger partial charge is 0.252 e. The van der Waals surface area contributed by atoms with E-state index in [0.717, 1.165) is 19.3 Å². The zero-order chi connectivity index (χ0) is 16.3. The van der Waals surface area contributed by atoms with Gasteiger partial charge in [-0.15, -0.1) is 0 Å². The van der Waals surface area contributed by atoms with Crippen LogP contribution < -0.4 is 11.1 Å². The second-order valence-electron chi connectivity index (χ2n) is 7.32. The zero-order valence-electron chi connectivity index (χ0n) is 13.6. The van der Waals surface area contributed by atoms with Crippen LogP contribution in [-0.2, 0) is 6.42 Å². The summed E-state index contributed by atoms with van der Waals surface area (Å²) in [6.07, 6.45) is 5.43. The Morgan fingerprint density at radius 2 is 2.18 bits per heavy atom. The molecule has 0 bridgehead atoms. The summed E-state index contributed by atoms with van der Waals surface area (Å²) >= 11 is 0. The molecule has 1 amide bonds. The Balaban J connectivity index is 2.18. The van der Waals surface area contributed by atoms with Crippen molar-refractivity contribution < 1.29 is 9.90 Å². The molecule has 6 heteroatoms. The molecule has 4 N–H and O–H groups in total. The molecule has 0 radical (unpaired) electrons. The van der Waals surface area contributed by atoms with E-state index < -0.39 is 5.91 Å². The summed E-state index contributed by atoms with van der Waals surface area (Å²) in [4.78, 5) is 20.2. The number of hydrogen-bond acceptors (Lipinski definition) is 5. The fraction of sp³-hybridized carbons (Fsp3) is 0.688. The minimum Gasteiger partial charge on any atom is -0.393 e. The van der Waals surface area contributed by atoms with E-state index in [2.05, 4.69) is 36.1 Å². The maximum atomic E-state index is 11.5. The van der Waals surface area contributed by atoms with Gasteiger partial charge in [0.2, 0.25) is 5.95 Å². The summed E-state index contributed by atoms with van der Waals surface area (Å²) in [5.74, 6) is 0.00207. The van der Waals surface area contributed by atoms with Crippen LogP contribution in [0.3, 0.4) is 0 Å². The molecule has 0 spiro atoms. The standard InChI is InChI=1S/C16H26N4O2/c1-16(2,3)8-13-12(14(17)22)9-18-15(20-13)19-10-5-4-6-11(21)7-10/h9-11,21H,4-8H2,1-3H3,(H2,17,22)(H,18,19,20)/t10-,11+/m0/s1. The summed E-state index contributed by atoms with van der Waals surface area (Å²) in [5, 5.41) is 13.0. The molecule has 1 aliphatic rings. The molecule has 122 valence electrons. The molecular formula is C16H26N4O2. The highest BCUT2D eigenvalue weighted by molar-refractivity contribution is 5.93. The first-order valence-electron chi connectivity index (χ1n) is 7.85. The fourth-order valence-corrected chi connectivity index (χ4v) is 2.81. The largest absolute Gasteiger partial charge is 0.393 e. The van der Waals surface area contributed by atoms with E-state index in [1.54, 1.807) is 0 Å². The minimum absolute atomic E-state index is 0.00312. The molecule has 0 aromatic carbocycles. The predicted molar refractivity (Wildman–Crippen MR) is 85.6 cm³/mol. The third-order valence-corrected chi connectivity index (χ3v) is 3.81. The molecule has 1 aromatic heterocycles. The van der Waals surface area contributed by atoms with Crippen LogP contribution in [0.2, 0.25) is 0 Å². The number of nitrogens with one attached hydrogen (secondary N) is 1. The van der Waals surface area contributed by atoms with Gasteiger partial charge in [-0.2, -0.15) is 0 Å². The van der Waals surface area contributed by atoms with Crippen LogP contribution in [0.4, 0.5) is 5.95 Å². The molecule has 0 unspecified atom stereocenters. The second kappa shape index (κ2) is 6.60. The van der Waals surface area contributed by atoms with Crippen molar-refractivity contribution in [1.82, 2.24) is 9.97 Å². The lowest BCUT2D eigenvalue weighted by molar-refractivity contribution is 0.0998. The molecule has 1 aromatic rings. The SMILES string of the molecule is CC(C)(C)Cc1nc(N[C@H]2CCC[C@@H](O)C2)ncc1C(N)=O. The van der Waals surface area contributed by atoms with Crippen LogP contribution in [0.15, 0.2) is 6.20 Å². The summed E-state index contributed by atoms with van der Waals surface area (Å²) in [6, 6.07) is 0.172. The van der Waals surface area contributed by atoms with E-state index in [0.29, 0.717) is 30.0 Å². The molecule has 1 aliphatic carbocycles. The Labute approximate surface area is 131 Å². The van der Waals surface area contributed by atoms with E-state index in [9.17, 15) is 9.90 Å². The zero-order valence-corrected chi connectivity index (χ0v) is 13.6. The van der Waals surface area contributed by atoms with Gasteiger partial charge in [0.25, 0.3) is 5.91 Å². The van der Waals surface area contributed by atoms with Gasteiger partial charge in [0.15, 0.2) is 0 Å². The Bertz CT molecular complexity index is 539. The molecule has 1 saturated carbocycles. The quantitative estimate of drug-likeness (QED) is 0.788. The first-order valence-corrected chi connectivity index (χ1v) is 7.85. The Morgan fingerprint density at radius 1 is 1.45 bits per heavy atom. The first kappa shape index (κ1) is 16.7. The number of nitrogens with zero attached hydrogens (tertiary/aromatic N) is 2. The van der Waals surface area contributed by atoms with Crippen molar-refractivity contribution in [3.05, 3.63) is 17.5 Å². The van der Waals surface area contributed by atoms with Gasteiger partial charge < -0.3 is 16.2 Å². The summed E-state index contributed by atoms with van der Waals surface area (Å²) in [7, 11) is 0. The van der Waals surface area contributed by atoms with E-state index in [1.165, 1.54) is 6.20 Å². The van der Waals surface area contributed by atoms with E-state index >= 15 is 0 Å². The van der Waals surface area contributed by atoms with Crippen molar-refractivity contribution in [3.63, 3.8) is 0 Å². The van der Waals surface area contributed by atoms with Gasteiger partial charge in [-0.05, 0) is 37.5 Å². The number of aliphatic hydroxyl groups excluding tert-OH is 1. The highest BCUT2D eigenvalue weighted by Gasteiger charge is 2.22. The summed E-state index contributed by atoms with van der Waals surface area (Å²) in [6.45, 7) is 6.26. The van der Waals surface area contributed by atoms with Crippen molar-refractivity contribution in [1.29, 1.82) is 0 Å². The van der Waals surface area contributed by atoms with Crippen molar-refractivity contribution in [2.75, 3.05) is 5.32 Å². The third-order valence-electron chi connectivity index (χ3n) is 3.81. The van der Waals surface area contributed by atoms with Crippen LogP contribution in [-0.4, -0.2) is 33.1 Å². The topological polar surface area (TPSA) is 101 Å². The number of amides is 1. The normalized spacial score (nSPS) is 22.4. The number of carbonyl (C=O) groups is 1. The van der Waals surface area contributed by atoms with Gasteiger partial charge in [-0.1, -0.05) is 20.8 Å². The molecule has 0 saturated heterocycles. The van der Waals surface area contributed by atoms with E-state index in [1.807, 2.05) is 0 Å². The lowest BCUT2D eigenvalue weighted by Crippen LogP contribution is -2.31. The lowest BCUT2D eigenvalue weighted by atomic mass is 9.89. The van der Waals surface area contributed by atoms with Gasteiger partial charge >= 0.3 is 0 Å². The maximum absolute atomic E-state index is 11.5. The molecule has 2 rings (SSSR count). The molecular weight excluding hydrogens is 280 g/mol. The maximum Gasteiger partial charge on any atom is 0.252 e. The lowest BCUT2D eigenvalue weighted by Gasteiger charge is -2.27. The Morgan fingerprint density at radius 3 is 2.77 bits per heavy atom. The fourth-order valence-electron chi connectivity index (χ4n) is 2.81. The average Bonchev–Trinajstić information content (AvgIpc) is 2.36. The van der Waals surface area contributed by atoms with Gasteiger partial charge in [0.05, 0.1) is 17.4 Å². The number of aliphatic hydroxyl groups is 1. The Kier molecular flexibility index (Phi) is 5.01. The summed E-state index contributed by atoms with van der Waals surface area (Å²) in [5.41, 5.74) is 6.46. The minimum atomic E-state index is -0.501. The molecule has 2 atom stereocenters. The van der Waals surface area contributed by atoms with Gasteiger partial charge in [0.1, 0.15) is 0 Å². The molecule has 6 nitrogen and oxygen atoms in total. The predicted octanol–water partition coefficient (Wildman–Crippen LogP) is 1.88. The first-order chi connectivity index (χ1) is 10.2. The number of anilines is 1. The average molecular weight is 306 g/mol. The number of carbonyl (C=O) groups excluding carboxylic acids is 1. The van der Waals surface area contributed by atoms with Crippen molar-refractivity contribution >= 4 is 11.9 Å². The van der Waals surface area contributed by atoms with Crippen molar-refractivity contribution in [2.45, 2.75) is 65.0 Å². The van der Waals surface area contributed by atoms with Crippen molar-refractivity contribution in [2.24, 2.45) is 11.1 Å². The van der Waals surface area contributed by atoms with Crippen molar-refractivity contribution in [3.8, 4) is 0 Å². The van der Waals surface area contributed by atoms with Gasteiger partial charge in [-0.3, -0.25) is 4.79 Å². The Hall–Kier alpha value is -1.69. The van der Waals surface area contributed by atoms with Crippen LogP contribution in [0.25, 0.3) is 0 Å². The number of nitrogens with two attached hydrogens (primary N) is 1.